The van der Waals surface area contributed by atoms with Gasteiger partial charge < -0.3 is 10.3 Å². The van der Waals surface area contributed by atoms with Crippen LogP contribution in [-0.2, 0) is 26.1 Å². The van der Waals surface area contributed by atoms with Gasteiger partial charge in [-0.05, 0) is 23.6 Å². The Morgan fingerprint density at radius 3 is 3.11 bits per heavy atom. The van der Waals surface area contributed by atoms with Crippen molar-refractivity contribution in [3.05, 3.63) is 46.1 Å². The number of hydrogen-bond donors (Lipinski definition) is 1. The van der Waals surface area contributed by atoms with Crippen LogP contribution >= 0.6 is 11.6 Å². The van der Waals surface area contributed by atoms with Crippen molar-refractivity contribution in [2.45, 2.75) is 26.1 Å². The number of halogens is 1. The lowest BCUT2D eigenvalue weighted by atomic mass is 10.00. The van der Waals surface area contributed by atoms with E-state index in [1.165, 1.54) is 11.1 Å². The van der Waals surface area contributed by atoms with E-state index in [1.54, 1.807) is 0 Å². The Kier molecular flexibility index (Phi) is 3.50. The van der Waals surface area contributed by atoms with Crippen LogP contribution in [0.1, 0.15) is 22.8 Å². The topological polar surface area (TPSA) is 68.2 Å². The summed E-state index contributed by atoms with van der Waals surface area (Å²) in [6.07, 6.45) is 0.955. The summed E-state index contributed by atoms with van der Waals surface area (Å²) in [7, 11) is 0. The first-order valence-electron chi connectivity index (χ1n) is 6.26. The molecule has 3 rings (SSSR count). The molecule has 1 aromatic carbocycles. The van der Waals surface area contributed by atoms with Crippen molar-refractivity contribution in [1.29, 1.82) is 0 Å². The van der Waals surface area contributed by atoms with Crippen LogP contribution < -0.4 is 5.73 Å². The Morgan fingerprint density at radius 1 is 1.42 bits per heavy atom. The molecule has 0 amide bonds. The minimum absolute atomic E-state index is 0.283. The molecule has 2 heterocycles. The summed E-state index contributed by atoms with van der Waals surface area (Å²) in [6, 6.07) is 6.06. The van der Waals surface area contributed by atoms with Crippen molar-refractivity contribution < 1.29 is 4.52 Å². The second kappa shape index (κ2) is 5.28. The molecule has 1 aliphatic rings. The maximum atomic E-state index is 6.20. The molecule has 2 aromatic rings. The van der Waals surface area contributed by atoms with E-state index < -0.39 is 0 Å². The molecule has 0 fully saturated rings. The first-order valence-corrected chi connectivity index (χ1v) is 6.64. The van der Waals surface area contributed by atoms with Crippen LogP contribution in [0, 0.1) is 0 Å². The standard InChI is InChI=1S/C13H15ClN4O/c14-11-3-1-2-9-7-18(5-4-10(9)11)8-12-16-13(6-15)19-17-12/h1-3H,4-8,15H2. The number of hydrogen-bond acceptors (Lipinski definition) is 5. The monoisotopic (exact) mass is 278 g/mol. The number of nitrogens with two attached hydrogens (primary N) is 1. The highest BCUT2D eigenvalue weighted by atomic mass is 35.5. The van der Waals surface area contributed by atoms with Crippen LogP contribution in [0.15, 0.2) is 22.7 Å². The van der Waals surface area contributed by atoms with Gasteiger partial charge in [-0.25, -0.2) is 0 Å². The second-order valence-electron chi connectivity index (χ2n) is 4.65. The first-order chi connectivity index (χ1) is 9.26. The molecule has 19 heavy (non-hydrogen) atoms. The van der Waals surface area contributed by atoms with Crippen molar-refractivity contribution in [2.75, 3.05) is 6.54 Å². The van der Waals surface area contributed by atoms with Crippen molar-refractivity contribution in [3.63, 3.8) is 0 Å². The zero-order valence-electron chi connectivity index (χ0n) is 10.5. The molecule has 5 nitrogen and oxygen atoms in total. The molecular formula is C13H15ClN4O. The molecule has 0 saturated heterocycles. The molecule has 0 saturated carbocycles. The van der Waals surface area contributed by atoms with Gasteiger partial charge in [0, 0.05) is 18.1 Å². The summed E-state index contributed by atoms with van der Waals surface area (Å²) < 4.78 is 5.01. The molecule has 6 heteroatoms. The van der Waals surface area contributed by atoms with Gasteiger partial charge in [-0.1, -0.05) is 28.9 Å². The molecule has 0 bridgehead atoms. The molecule has 1 aliphatic heterocycles. The van der Waals surface area contributed by atoms with Crippen LogP contribution in [0.3, 0.4) is 0 Å². The summed E-state index contributed by atoms with van der Waals surface area (Å²) in [6.45, 7) is 2.77. The van der Waals surface area contributed by atoms with Gasteiger partial charge in [-0.2, -0.15) is 4.98 Å². The minimum atomic E-state index is 0.283. The van der Waals surface area contributed by atoms with E-state index in [4.69, 9.17) is 21.9 Å². The summed E-state index contributed by atoms with van der Waals surface area (Å²) in [5.41, 5.74) is 7.99. The Bertz CT molecular complexity index is 584. The van der Waals surface area contributed by atoms with Gasteiger partial charge >= 0.3 is 0 Å². The molecule has 0 atom stereocenters. The lowest BCUT2D eigenvalue weighted by Crippen LogP contribution is -2.30. The average molecular weight is 279 g/mol. The fraction of sp³-hybridized carbons (Fsp3) is 0.385. The highest BCUT2D eigenvalue weighted by molar-refractivity contribution is 6.31. The SMILES string of the molecule is NCc1nc(CN2CCc3c(Cl)cccc3C2)no1. The quantitative estimate of drug-likeness (QED) is 0.926. The summed E-state index contributed by atoms with van der Waals surface area (Å²) in [5.74, 6) is 1.17. The number of fused-ring (bicyclic) bond motifs is 1. The van der Waals surface area contributed by atoms with Gasteiger partial charge in [0.15, 0.2) is 5.82 Å². The highest BCUT2D eigenvalue weighted by Crippen LogP contribution is 2.26. The molecule has 100 valence electrons. The Morgan fingerprint density at radius 2 is 2.32 bits per heavy atom. The first kappa shape index (κ1) is 12.6. The van der Waals surface area contributed by atoms with Crippen molar-refractivity contribution in [2.24, 2.45) is 5.73 Å². The summed E-state index contributed by atoms with van der Waals surface area (Å²) in [5, 5.41) is 4.78. The van der Waals surface area contributed by atoms with E-state index in [0.29, 0.717) is 18.3 Å². The molecular weight excluding hydrogens is 264 g/mol. The fourth-order valence-corrected chi connectivity index (χ4v) is 2.68. The van der Waals surface area contributed by atoms with E-state index in [0.717, 1.165) is 24.5 Å². The average Bonchev–Trinajstić information content (AvgIpc) is 2.86. The number of nitrogens with zero attached hydrogens (tertiary/aromatic N) is 3. The molecule has 0 spiro atoms. The van der Waals surface area contributed by atoms with Gasteiger partial charge in [0.25, 0.3) is 0 Å². The van der Waals surface area contributed by atoms with Gasteiger partial charge in [0.1, 0.15) is 0 Å². The predicted molar refractivity (Wildman–Crippen MR) is 71.5 cm³/mol. The van der Waals surface area contributed by atoms with Crippen LogP contribution in [0.25, 0.3) is 0 Å². The zero-order chi connectivity index (χ0) is 13.2. The highest BCUT2D eigenvalue weighted by Gasteiger charge is 2.19. The Balaban J connectivity index is 1.72. The van der Waals surface area contributed by atoms with Crippen LogP contribution in [-0.4, -0.2) is 21.6 Å². The van der Waals surface area contributed by atoms with Crippen molar-refractivity contribution in [1.82, 2.24) is 15.0 Å². The maximum absolute atomic E-state index is 6.20. The van der Waals surface area contributed by atoms with Crippen molar-refractivity contribution in [3.8, 4) is 0 Å². The molecule has 2 N–H and O–H groups in total. The lowest BCUT2D eigenvalue weighted by Gasteiger charge is -2.28. The number of rotatable bonds is 3. The third kappa shape index (κ3) is 2.63. The van der Waals surface area contributed by atoms with Gasteiger partial charge in [0.2, 0.25) is 5.89 Å². The van der Waals surface area contributed by atoms with Crippen LogP contribution in [0.4, 0.5) is 0 Å². The van der Waals surface area contributed by atoms with Gasteiger partial charge in [-0.15, -0.1) is 0 Å². The smallest absolute Gasteiger partial charge is 0.240 e. The normalized spacial score (nSPS) is 15.5. The zero-order valence-corrected chi connectivity index (χ0v) is 11.2. The lowest BCUT2D eigenvalue weighted by molar-refractivity contribution is 0.235. The largest absolute Gasteiger partial charge is 0.338 e. The minimum Gasteiger partial charge on any atom is -0.338 e. The molecule has 0 unspecified atom stereocenters. The number of benzene rings is 1. The number of aromatic nitrogens is 2. The molecule has 0 aliphatic carbocycles. The van der Waals surface area contributed by atoms with Gasteiger partial charge in [-0.3, -0.25) is 4.90 Å². The molecule has 1 aromatic heterocycles. The summed E-state index contributed by atoms with van der Waals surface area (Å²) >= 11 is 6.20. The Hall–Kier alpha value is -1.43. The maximum Gasteiger partial charge on any atom is 0.240 e. The summed E-state index contributed by atoms with van der Waals surface area (Å²) in [4.78, 5) is 6.51. The van der Waals surface area contributed by atoms with Crippen LogP contribution in [0.2, 0.25) is 5.02 Å². The molecule has 0 radical (unpaired) electrons. The van der Waals surface area contributed by atoms with E-state index in [1.807, 2.05) is 12.1 Å². The van der Waals surface area contributed by atoms with E-state index in [9.17, 15) is 0 Å². The third-order valence-electron chi connectivity index (χ3n) is 3.34. The third-order valence-corrected chi connectivity index (χ3v) is 3.69. The second-order valence-corrected chi connectivity index (χ2v) is 5.05. The van der Waals surface area contributed by atoms with E-state index >= 15 is 0 Å². The van der Waals surface area contributed by atoms with E-state index in [-0.39, 0.29) is 6.54 Å². The van der Waals surface area contributed by atoms with E-state index in [2.05, 4.69) is 21.1 Å². The predicted octanol–water partition coefficient (Wildman–Crippen LogP) is 1.74. The fourth-order valence-electron chi connectivity index (χ4n) is 2.39. The van der Waals surface area contributed by atoms with Gasteiger partial charge in [0.05, 0.1) is 13.1 Å². The Labute approximate surface area is 116 Å². The van der Waals surface area contributed by atoms with Crippen LogP contribution in [0.5, 0.6) is 0 Å². The van der Waals surface area contributed by atoms with Crippen molar-refractivity contribution >= 4 is 11.6 Å².